The number of halogens is 1. The molecular formula is C13H19BrN2O. The van der Waals surface area contributed by atoms with Crippen LogP contribution in [-0.4, -0.2) is 19.3 Å². The fraction of sp³-hybridized carbons (Fsp3) is 0.538. The number of nitrogens with one attached hydrogen (secondary N) is 1. The zero-order valence-electron chi connectivity index (χ0n) is 10.1. The van der Waals surface area contributed by atoms with E-state index in [4.69, 9.17) is 10.5 Å². The van der Waals surface area contributed by atoms with Crippen LogP contribution in [0.2, 0.25) is 0 Å². The number of nitrogen functional groups attached to an aromatic ring is 1. The molecule has 94 valence electrons. The van der Waals surface area contributed by atoms with E-state index in [1.54, 1.807) is 0 Å². The highest BCUT2D eigenvalue weighted by Gasteiger charge is 2.20. The zero-order chi connectivity index (χ0) is 12.3. The molecule has 1 unspecified atom stereocenters. The second kappa shape index (κ2) is 5.74. The van der Waals surface area contributed by atoms with Gasteiger partial charge in [0.05, 0.1) is 0 Å². The zero-order valence-corrected chi connectivity index (χ0v) is 11.7. The van der Waals surface area contributed by atoms with Crippen LogP contribution in [0.4, 0.5) is 11.4 Å². The molecule has 2 rings (SSSR count). The van der Waals surface area contributed by atoms with Crippen LogP contribution in [0.1, 0.15) is 19.8 Å². The van der Waals surface area contributed by atoms with Gasteiger partial charge in [-0.15, -0.1) is 0 Å². The van der Waals surface area contributed by atoms with Gasteiger partial charge in [-0.05, 0) is 59.8 Å². The summed E-state index contributed by atoms with van der Waals surface area (Å²) in [6.45, 7) is 4.01. The summed E-state index contributed by atoms with van der Waals surface area (Å²) in [7, 11) is 0. The molecule has 1 atom stereocenters. The molecule has 0 aromatic heterocycles. The number of nitrogens with two attached hydrogens (primary N) is 1. The van der Waals surface area contributed by atoms with Crippen molar-refractivity contribution in [3.05, 3.63) is 22.7 Å². The average molecular weight is 299 g/mol. The summed E-state index contributed by atoms with van der Waals surface area (Å²) in [6, 6.07) is 6.33. The van der Waals surface area contributed by atoms with E-state index in [1.807, 2.05) is 18.2 Å². The van der Waals surface area contributed by atoms with E-state index in [9.17, 15) is 0 Å². The van der Waals surface area contributed by atoms with Gasteiger partial charge in [0, 0.05) is 35.1 Å². The van der Waals surface area contributed by atoms with Crippen molar-refractivity contribution in [2.45, 2.75) is 25.8 Å². The van der Waals surface area contributed by atoms with Crippen molar-refractivity contribution >= 4 is 27.3 Å². The van der Waals surface area contributed by atoms with Crippen LogP contribution in [0.3, 0.4) is 0 Å². The van der Waals surface area contributed by atoms with E-state index >= 15 is 0 Å². The van der Waals surface area contributed by atoms with Gasteiger partial charge in [-0.3, -0.25) is 0 Å². The Kier molecular flexibility index (Phi) is 4.29. The topological polar surface area (TPSA) is 47.3 Å². The summed E-state index contributed by atoms with van der Waals surface area (Å²) >= 11 is 3.53. The van der Waals surface area contributed by atoms with E-state index < -0.39 is 0 Å². The van der Waals surface area contributed by atoms with E-state index in [1.165, 1.54) is 0 Å². The maximum Gasteiger partial charge on any atom is 0.0488 e. The smallest absolute Gasteiger partial charge is 0.0488 e. The van der Waals surface area contributed by atoms with Crippen molar-refractivity contribution in [1.82, 2.24) is 0 Å². The quantitative estimate of drug-likeness (QED) is 0.842. The maximum absolute atomic E-state index is 5.73. The molecule has 1 saturated heterocycles. The first-order valence-corrected chi connectivity index (χ1v) is 6.85. The van der Waals surface area contributed by atoms with Gasteiger partial charge in [0.1, 0.15) is 0 Å². The van der Waals surface area contributed by atoms with E-state index in [0.29, 0.717) is 12.0 Å². The first-order valence-electron chi connectivity index (χ1n) is 6.06. The van der Waals surface area contributed by atoms with Crippen LogP contribution in [0, 0.1) is 5.92 Å². The molecule has 17 heavy (non-hydrogen) atoms. The second-order valence-corrected chi connectivity index (χ2v) is 5.48. The van der Waals surface area contributed by atoms with Crippen molar-refractivity contribution in [2.24, 2.45) is 5.92 Å². The summed E-state index contributed by atoms with van der Waals surface area (Å²) in [4.78, 5) is 0. The molecule has 1 aliphatic heterocycles. The Hall–Kier alpha value is -0.740. The summed E-state index contributed by atoms with van der Waals surface area (Å²) in [5, 5.41) is 3.55. The van der Waals surface area contributed by atoms with Crippen molar-refractivity contribution < 1.29 is 4.74 Å². The Bertz CT molecular complexity index is 378. The third kappa shape index (κ3) is 3.36. The molecule has 0 aliphatic carbocycles. The third-order valence-corrected chi connectivity index (χ3v) is 4.01. The van der Waals surface area contributed by atoms with Crippen molar-refractivity contribution in [3.63, 3.8) is 0 Å². The van der Waals surface area contributed by atoms with Crippen LogP contribution >= 0.6 is 15.9 Å². The van der Waals surface area contributed by atoms with Crippen molar-refractivity contribution in [3.8, 4) is 0 Å². The molecule has 3 nitrogen and oxygen atoms in total. The first-order chi connectivity index (χ1) is 8.16. The second-order valence-electron chi connectivity index (χ2n) is 4.62. The Labute approximate surface area is 111 Å². The van der Waals surface area contributed by atoms with Crippen LogP contribution < -0.4 is 11.1 Å². The van der Waals surface area contributed by atoms with Gasteiger partial charge in [0.15, 0.2) is 0 Å². The molecule has 1 aromatic rings. The molecule has 0 amide bonds. The summed E-state index contributed by atoms with van der Waals surface area (Å²) in [6.07, 6.45) is 2.28. The lowest BCUT2D eigenvalue weighted by Crippen LogP contribution is -2.31. The lowest BCUT2D eigenvalue weighted by atomic mass is 9.93. The van der Waals surface area contributed by atoms with E-state index in [2.05, 4.69) is 28.2 Å². The average Bonchev–Trinajstić information content (AvgIpc) is 2.34. The highest BCUT2D eigenvalue weighted by atomic mass is 79.9. The fourth-order valence-corrected chi connectivity index (χ4v) is 2.74. The molecule has 0 bridgehead atoms. The summed E-state index contributed by atoms with van der Waals surface area (Å²) < 4.78 is 6.41. The van der Waals surface area contributed by atoms with Crippen molar-refractivity contribution in [1.29, 1.82) is 0 Å². The molecule has 1 heterocycles. The monoisotopic (exact) mass is 298 g/mol. The molecule has 3 N–H and O–H groups in total. The number of benzene rings is 1. The van der Waals surface area contributed by atoms with Crippen LogP contribution in [0.25, 0.3) is 0 Å². The molecule has 4 heteroatoms. The van der Waals surface area contributed by atoms with Crippen molar-refractivity contribution in [2.75, 3.05) is 24.3 Å². The highest BCUT2D eigenvalue weighted by Crippen LogP contribution is 2.28. The van der Waals surface area contributed by atoms with Crippen LogP contribution in [0.5, 0.6) is 0 Å². The van der Waals surface area contributed by atoms with E-state index in [-0.39, 0.29) is 0 Å². The predicted octanol–water partition coefficient (Wildman–Crippen LogP) is 3.26. The molecule has 1 aliphatic rings. The lowest BCUT2D eigenvalue weighted by Gasteiger charge is -2.29. The van der Waals surface area contributed by atoms with Crippen LogP contribution in [0.15, 0.2) is 22.7 Å². The van der Waals surface area contributed by atoms with Crippen LogP contribution in [-0.2, 0) is 4.74 Å². The Balaban J connectivity index is 1.99. The maximum atomic E-state index is 5.73. The van der Waals surface area contributed by atoms with Gasteiger partial charge in [-0.25, -0.2) is 0 Å². The number of ether oxygens (including phenoxy) is 1. The lowest BCUT2D eigenvalue weighted by molar-refractivity contribution is 0.0622. The number of hydrogen-bond acceptors (Lipinski definition) is 3. The molecule has 1 fully saturated rings. The Morgan fingerprint density at radius 2 is 2.12 bits per heavy atom. The van der Waals surface area contributed by atoms with Gasteiger partial charge in [-0.2, -0.15) is 0 Å². The van der Waals surface area contributed by atoms with Gasteiger partial charge in [0.25, 0.3) is 0 Å². The fourth-order valence-electron chi connectivity index (χ4n) is 2.23. The minimum Gasteiger partial charge on any atom is -0.399 e. The highest BCUT2D eigenvalue weighted by molar-refractivity contribution is 9.10. The van der Waals surface area contributed by atoms with Gasteiger partial charge in [-0.1, -0.05) is 0 Å². The third-order valence-electron chi connectivity index (χ3n) is 3.35. The normalized spacial score (nSPS) is 18.9. The predicted molar refractivity (Wildman–Crippen MR) is 75.2 cm³/mol. The number of hydrogen-bond donors (Lipinski definition) is 2. The SMILES string of the molecule is CC(Nc1ccc(N)cc1Br)C1CCOCC1. The Morgan fingerprint density at radius 3 is 2.76 bits per heavy atom. The van der Waals surface area contributed by atoms with E-state index in [0.717, 1.165) is 41.9 Å². The number of anilines is 2. The largest absolute Gasteiger partial charge is 0.399 e. The van der Waals surface area contributed by atoms with Gasteiger partial charge < -0.3 is 15.8 Å². The summed E-state index contributed by atoms with van der Waals surface area (Å²) in [5.74, 6) is 0.688. The van der Waals surface area contributed by atoms with Gasteiger partial charge in [0.2, 0.25) is 0 Å². The molecule has 0 spiro atoms. The molecule has 1 aromatic carbocycles. The van der Waals surface area contributed by atoms with Gasteiger partial charge >= 0.3 is 0 Å². The minimum absolute atomic E-state index is 0.457. The molecule has 0 radical (unpaired) electrons. The first kappa shape index (κ1) is 12.7. The molecular weight excluding hydrogens is 280 g/mol. The minimum atomic E-state index is 0.457. The Morgan fingerprint density at radius 1 is 1.41 bits per heavy atom. The standard InChI is InChI=1S/C13H19BrN2O/c1-9(10-4-6-17-7-5-10)16-13-3-2-11(15)8-12(13)14/h2-3,8-10,16H,4-7,15H2,1H3. The molecule has 0 saturated carbocycles. The number of rotatable bonds is 3. The summed E-state index contributed by atoms with van der Waals surface area (Å²) in [5.41, 5.74) is 7.62.